The number of rotatable bonds is 4. The van der Waals surface area contributed by atoms with Crippen molar-refractivity contribution in [3.8, 4) is 0 Å². The van der Waals surface area contributed by atoms with Crippen molar-refractivity contribution in [1.29, 1.82) is 0 Å². The Balaban J connectivity index is 1.96. The third-order valence-corrected chi connectivity index (χ3v) is 5.32. The maximum Gasteiger partial charge on any atom is 0.0472 e. The second kappa shape index (κ2) is 6.44. The highest BCUT2D eigenvalue weighted by molar-refractivity contribution is 7.80. The van der Waals surface area contributed by atoms with Crippen molar-refractivity contribution >= 4 is 12.6 Å². The van der Waals surface area contributed by atoms with Gasteiger partial charge in [-0.2, -0.15) is 12.6 Å². The minimum Gasteiger partial charge on any atom is -0.381 e. The first-order chi connectivity index (χ1) is 8.29. The summed E-state index contributed by atoms with van der Waals surface area (Å²) in [7, 11) is 0. The van der Waals surface area contributed by atoms with Gasteiger partial charge < -0.3 is 4.74 Å². The van der Waals surface area contributed by atoms with Crippen LogP contribution in [0.2, 0.25) is 0 Å². The number of hydrogen-bond acceptors (Lipinski definition) is 3. The van der Waals surface area contributed by atoms with E-state index in [0.717, 1.165) is 25.0 Å². The van der Waals surface area contributed by atoms with E-state index >= 15 is 0 Å². The minimum atomic E-state index is 0.423. The molecule has 0 aliphatic carbocycles. The van der Waals surface area contributed by atoms with E-state index in [0.29, 0.717) is 5.41 Å². The zero-order valence-corrected chi connectivity index (χ0v) is 12.1. The summed E-state index contributed by atoms with van der Waals surface area (Å²) < 4.78 is 5.52. The zero-order valence-electron chi connectivity index (χ0n) is 11.2. The molecule has 17 heavy (non-hydrogen) atoms. The maximum absolute atomic E-state index is 5.52. The summed E-state index contributed by atoms with van der Waals surface area (Å²) in [6, 6.07) is 0.823. The van der Waals surface area contributed by atoms with Gasteiger partial charge in [0.1, 0.15) is 0 Å². The molecule has 2 fully saturated rings. The standard InChI is InChI=1S/C14H27NOS/c1-2-13-5-3-4-8-15(13)11-14(12-17)6-9-16-10-7-14/h13,17H,2-12H2,1H3. The summed E-state index contributed by atoms with van der Waals surface area (Å²) in [5.41, 5.74) is 0.423. The van der Waals surface area contributed by atoms with E-state index in [2.05, 4.69) is 24.5 Å². The van der Waals surface area contributed by atoms with Crippen molar-refractivity contribution in [2.75, 3.05) is 32.1 Å². The van der Waals surface area contributed by atoms with Crippen LogP contribution in [0.5, 0.6) is 0 Å². The molecule has 0 aromatic carbocycles. The summed E-state index contributed by atoms with van der Waals surface area (Å²) in [5.74, 6) is 1.02. The molecule has 0 saturated carbocycles. The Morgan fingerprint density at radius 2 is 2.06 bits per heavy atom. The zero-order chi connectivity index (χ0) is 12.1. The first kappa shape index (κ1) is 13.7. The quantitative estimate of drug-likeness (QED) is 0.777. The summed E-state index contributed by atoms with van der Waals surface area (Å²) in [6.45, 7) is 6.75. The Labute approximate surface area is 112 Å². The van der Waals surface area contributed by atoms with Gasteiger partial charge in [0.25, 0.3) is 0 Å². The third-order valence-electron chi connectivity index (χ3n) is 4.65. The highest BCUT2D eigenvalue weighted by atomic mass is 32.1. The average molecular weight is 257 g/mol. The highest BCUT2D eigenvalue weighted by Gasteiger charge is 2.35. The molecule has 0 N–H and O–H groups in total. The van der Waals surface area contributed by atoms with Gasteiger partial charge in [-0.1, -0.05) is 13.3 Å². The van der Waals surface area contributed by atoms with Crippen LogP contribution < -0.4 is 0 Å². The second-order valence-corrected chi connectivity index (χ2v) is 6.12. The summed E-state index contributed by atoms with van der Waals surface area (Å²) in [5, 5.41) is 0. The van der Waals surface area contributed by atoms with E-state index in [-0.39, 0.29) is 0 Å². The molecule has 0 spiro atoms. The lowest BCUT2D eigenvalue weighted by Crippen LogP contribution is -2.48. The molecule has 0 radical (unpaired) electrons. The second-order valence-electron chi connectivity index (χ2n) is 5.80. The van der Waals surface area contributed by atoms with Gasteiger partial charge in [0, 0.05) is 25.8 Å². The van der Waals surface area contributed by atoms with Crippen LogP contribution in [0.25, 0.3) is 0 Å². The molecule has 2 saturated heterocycles. The minimum absolute atomic E-state index is 0.423. The molecule has 0 aromatic heterocycles. The summed E-state index contributed by atoms with van der Waals surface area (Å²) in [6.07, 6.45) is 7.91. The number of nitrogens with zero attached hydrogens (tertiary/aromatic N) is 1. The van der Waals surface area contributed by atoms with Gasteiger partial charge in [-0.3, -0.25) is 4.90 Å². The smallest absolute Gasteiger partial charge is 0.0472 e. The molecule has 2 aliphatic rings. The predicted molar refractivity (Wildman–Crippen MR) is 75.8 cm³/mol. The molecule has 2 heterocycles. The van der Waals surface area contributed by atoms with Gasteiger partial charge in [-0.15, -0.1) is 0 Å². The Kier molecular flexibility index (Phi) is 5.19. The molecule has 100 valence electrons. The van der Waals surface area contributed by atoms with Crippen molar-refractivity contribution in [2.45, 2.75) is 51.5 Å². The van der Waals surface area contributed by atoms with E-state index in [9.17, 15) is 0 Å². The number of hydrogen-bond donors (Lipinski definition) is 1. The highest BCUT2D eigenvalue weighted by Crippen LogP contribution is 2.35. The largest absolute Gasteiger partial charge is 0.381 e. The van der Waals surface area contributed by atoms with Crippen LogP contribution in [0, 0.1) is 5.41 Å². The molecule has 2 rings (SSSR count). The van der Waals surface area contributed by atoms with Crippen LogP contribution in [0.4, 0.5) is 0 Å². The molecule has 2 aliphatic heterocycles. The molecular formula is C14H27NOS. The molecule has 2 nitrogen and oxygen atoms in total. The monoisotopic (exact) mass is 257 g/mol. The van der Waals surface area contributed by atoms with Crippen LogP contribution in [-0.4, -0.2) is 43.0 Å². The fourth-order valence-corrected chi connectivity index (χ4v) is 3.75. The van der Waals surface area contributed by atoms with Crippen molar-refractivity contribution in [3.05, 3.63) is 0 Å². The summed E-state index contributed by atoms with van der Waals surface area (Å²) >= 11 is 4.63. The number of ether oxygens (including phenoxy) is 1. The first-order valence-electron chi connectivity index (χ1n) is 7.22. The Bertz CT molecular complexity index is 228. The van der Waals surface area contributed by atoms with Crippen LogP contribution in [0.15, 0.2) is 0 Å². The van der Waals surface area contributed by atoms with E-state index in [1.54, 1.807) is 0 Å². The number of thiol groups is 1. The van der Waals surface area contributed by atoms with Crippen LogP contribution in [-0.2, 0) is 4.74 Å². The predicted octanol–water partition coefficient (Wildman–Crippen LogP) is 2.98. The first-order valence-corrected chi connectivity index (χ1v) is 7.85. The lowest BCUT2D eigenvalue weighted by molar-refractivity contribution is -0.00624. The lowest BCUT2D eigenvalue weighted by atomic mass is 9.80. The van der Waals surface area contributed by atoms with Gasteiger partial charge in [0.15, 0.2) is 0 Å². The average Bonchev–Trinajstić information content (AvgIpc) is 2.40. The van der Waals surface area contributed by atoms with E-state index in [1.165, 1.54) is 51.6 Å². The fraction of sp³-hybridized carbons (Fsp3) is 1.00. The number of piperidine rings is 1. The van der Waals surface area contributed by atoms with Crippen LogP contribution in [0.3, 0.4) is 0 Å². The van der Waals surface area contributed by atoms with Gasteiger partial charge in [0.05, 0.1) is 0 Å². The van der Waals surface area contributed by atoms with Gasteiger partial charge in [0.2, 0.25) is 0 Å². The van der Waals surface area contributed by atoms with E-state index in [4.69, 9.17) is 4.74 Å². The molecule has 0 amide bonds. The van der Waals surface area contributed by atoms with Gasteiger partial charge >= 0.3 is 0 Å². The Hall–Kier alpha value is 0.270. The molecule has 1 unspecified atom stereocenters. The van der Waals surface area contributed by atoms with Crippen molar-refractivity contribution in [2.24, 2.45) is 5.41 Å². The van der Waals surface area contributed by atoms with Crippen LogP contribution in [0.1, 0.15) is 45.4 Å². The normalized spacial score (nSPS) is 30.4. The maximum atomic E-state index is 5.52. The third kappa shape index (κ3) is 3.39. The van der Waals surface area contributed by atoms with E-state index < -0.39 is 0 Å². The van der Waals surface area contributed by atoms with Crippen molar-refractivity contribution in [1.82, 2.24) is 4.90 Å². The Morgan fingerprint density at radius 1 is 1.29 bits per heavy atom. The fourth-order valence-electron chi connectivity index (χ4n) is 3.33. The SMILES string of the molecule is CCC1CCCCN1CC1(CS)CCOCC1. The Morgan fingerprint density at radius 3 is 2.71 bits per heavy atom. The molecule has 3 heteroatoms. The molecule has 1 atom stereocenters. The van der Waals surface area contributed by atoms with E-state index in [1.807, 2.05) is 0 Å². The van der Waals surface area contributed by atoms with Crippen molar-refractivity contribution in [3.63, 3.8) is 0 Å². The number of likely N-dealkylation sites (tertiary alicyclic amines) is 1. The lowest BCUT2D eigenvalue weighted by Gasteiger charge is -2.44. The van der Waals surface area contributed by atoms with Crippen LogP contribution >= 0.6 is 12.6 Å². The summed E-state index contributed by atoms with van der Waals surface area (Å²) in [4.78, 5) is 2.74. The van der Waals surface area contributed by atoms with Gasteiger partial charge in [-0.05, 0) is 49.8 Å². The molecule has 0 bridgehead atoms. The topological polar surface area (TPSA) is 12.5 Å². The van der Waals surface area contributed by atoms with Gasteiger partial charge in [-0.25, -0.2) is 0 Å². The molecular weight excluding hydrogens is 230 g/mol. The molecule has 0 aromatic rings. The van der Waals surface area contributed by atoms with Crippen molar-refractivity contribution < 1.29 is 4.74 Å².